The summed E-state index contributed by atoms with van der Waals surface area (Å²) in [5, 5.41) is 7.13. The zero-order valence-corrected chi connectivity index (χ0v) is 20.7. The number of aliphatic imine (C=N–C) groups is 1. The fourth-order valence-corrected chi connectivity index (χ4v) is 4.52. The predicted molar refractivity (Wildman–Crippen MR) is 139 cm³/mol. The molecule has 2 fully saturated rings. The Bertz CT molecular complexity index is 802. The van der Waals surface area contributed by atoms with Gasteiger partial charge in [0, 0.05) is 50.4 Å². The number of nitrogens with one attached hydrogen (secondary N) is 2. The molecule has 2 saturated heterocycles. The molecule has 2 aliphatic heterocycles. The Morgan fingerprint density at radius 3 is 2.55 bits per heavy atom. The van der Waals surface area contributed by atoms with Crippen molar-refractivity contribution < 1.29 is 4.74 Å². The van der Waals surface area contributed by atoms with Gasteiger partial charge in [-0.05, 0) is 43.9 Å². The summed E-state index contributed by atoms with van der Waals surface area (Å²) < 4.78 is 6.04. The Labute approximate surface area is 203 Å². The molecule has 2 N–H and O–H groups in total. The number of halogens is 1. The number of nitrogens with zero attached hydrogens (tertiary/aromatic N) is 2. The number of piperidine rings is 1. The van der Waals surface area contributed by atoms with Gasteiger partial charge in [-0.15, -0.1) is 24.0 Å². The Kier molecular flexibility index (Phi) is 9.46. The molecule has 2 aromatic rings. The Morgan fingerprint density at radius 2 is 1.81 bits per heavy atom. The average Bonchev–Trinajstić information content (AvgIpc) is 3.28. The van der Waals surface area contributed by atoms with Crippen molar-refractivity contribution in [2.75, 3.05) is 37.7 Å². The van der Waals surface area contributed by atoms with Crippen LogP contribution in [0.4, 0.5) is 5.69 Å². The van der Waals surface area contributed by atoms with E-state index in [1.54, 1.807) is 0 Å². The molecule has 3 atom stereocenters. The minimum atomic E-state index is 0. The minimum absolute atomic E-state index is 0. The van der Waals surface area contributed by atoms with Crippen LogP contribution in [0.15, 0.2) is 65.7 Å². The third-order valence-electron chi connectivity index (χ3n) is 6.05. The first kappa shape index (κ1) is 23.9. The fourth-order valence-electron chi connectivity index (χ4n) is 4.52. The van der Waals surface area contributed by atoms with Crippen LogP contribution in [-0.4, -0.2) is 44.8 Å². The fraction of sp³-hybridized carbons (Fsp3) is 0.480. The van der Waals surface area contributed by atoms with E-state index in [2.05, 4.69) is 83.1 Å². The molecule has 6 heteroatoms. The van der Waals surface area contributed by atoms with Crippen LogP contribution in [0, 0.1) is 5.92 Å². The van der Waals surface area contributed by atoms with Crippen molar-refractivity contribution in [3.05, 3.63) is 66.2 Å². The molecule has 0 aliphatic carbocycles. The SMILES string of the molecule is CCNC(=NCC1CCOC1c1ccccc1)NC1CCCN(c2ccccc2)C1.I. The van der Waals surface area contributed by atoms with Crippen molar-refractivity contribution >= 4 is 35.6 Å². The number of para-hydroxylation sites is 1. The van der Waals surface area contributed by atoms with Gasteiger partial charge < -0.3 is 20.3 Å². The van der Waals surface area contributed by atoms with Gasteiger partial charge in [-0.2, -0.15) is 0 Å². The summed E-state index contributed by atoms with van der Waals surface area (Å²) in [4.78, 5) is 7.43. The lowest BCUT2D eigenvalue weighted by atomic mass is 9.95. The number of guanidine groups is 1. The predicted octanol–water partition coefficient (Wildman–Crippen LogP) is 4.61. The van der Waals surface area contributed by atoms with Crippen LogP contribution in [0.5, 0.6) is 0 Å². The normalized spacial score (nSPS) is 23.8. The number of ether oxygens (including phenoxy) is 1. The van der Waals surface area contributed by atoms with Gasteiger partial charge in [0.05, 0.1) is 6.10 Å². The third kappa shape index (κ3) is 6.59. The van der Waals surface area contributed by atoms with Crippen molar-refractivity contribution in [3.8, 4) is 0 Å². The van der Waals surface area contributed by atoms with E-state index < -0.39 is 0 Å². The summed E-state index contributed by atoms with van der Waals surface area (Å²) in [7, 11) is 0. The number of benzene rings is 2. The van der Waals surface area contributed by atoms with Crippen LogP contribution in [0.2, 0.25) is 0 Å². The second-order valence-electron chi connectivity index (χ2n) is 8.24. The first-order chi connectivity index (χ1) is 14.8. The zero-order chi connectivity index (χ0) is 20.6. The van der Waals surface area contributed by atoms with Gasteiger partial charge >= 0.3 is 0 Å². The summed E-state index contributed by atoms with van der Waals surface area (Å²) in [5.41, 5.74) is 2.57. The lowest BCUT2D eigenvalue weighted by Crippen LogP contribution is -2.51. The van der Waals surface area contributed by atoms with Crippen molar-refractivity contribution in [2.24, 2.45) is 10.9 Å². The van der Waals surface area contributed by atoms with Crippen molar-refractivity contribution in [3.63, 3.8) is 0 Å². The number of rotatable bonds is 6. The van der Waals surface area contributed by atoms with Crippen LogP contribution in [0.3, 0.4) is 0 Å². The molecular formula is C25H35IN4O. The standard InChI is InChI=1S/C25H34N4O.HI/c1-2-26-25(27-18-21-15-17-30-24(21)20-10-5-3-6-11-20)28-22-12-9-16-29(19-22)23-13-7-4-8-14-23;/h3-8,10-11,13-14,21-22,24H,2,9,12,15-19H2,1H3,(H2,26,27,28);1H. The molecule has 0 radical (unpaired) electrons. The molecule has 0 bridgehead atoms. The van der Waals surface area contributed by atoms with Crippen LogP contribution in [0.1, 0.15) is 37.9 Å². The van der Waals surface area contributed by atoms with Crippen molar-refractivity contribution in [2.45, 2.75) is 38.3 Å². The summed E-state index contributed by atoms with van der Waals surface area (Å²) in [5.74, 6) is 1.35. The van der Waals surface area contributed by atoms with Gasteiger partial charge in [0.15, 0.2) is 5.96 Å². The molecule has 3 unspecified atom stereocenters. The van der Waals surface area contributed by atoms with E-state index in [1.165, 1.54) is 24.1 Å². The van der Waals surface area contributed by atoms with Crippen LogP contribution in [-0.2, 0) is 4.74 Å². The second-order valence-corrected chi connectivity index (χ2v) is 8.24. The van der Waals surface area contributed by atoms with Crippen LogP contribution >= 0.6 is 24.0 Å². The molecule has 2 heterocycles. The zero-order valence-electron chi connectivity index (χ0n) is 18.4. The highest BCUT2D eigenvalue weighted by Gasteiger charge is 2.29. The molecule has 2 aromatic carbocycles. The lowest BCUT2D eigenvalue weighted by Gasteiger charge is -2.35. The first-order valence-electron chi connectivity index (χ1n) is 11.3. The van der Waals surface area contributed by atoms with Crippen molar-refractivity contribution in [1.29, 1.82) is 0 Å². The Balaban J connectivity index is 0.00000272. The monoisotopic (exact) mass is 534 g/mol. The Morgan fingerprint density at radius 1 is 1.06 bits per heavy atom. The largest absolute Gasteiger partial charge is 0.373 e. The maximum Gasteiger partial charge on any atom is 0.191 e. The van der Waals surface area contributed by atoms with E-state index in [0.29, 0.717) is 12.0 Å². The molecule has 0 saturated carbocycles. The highest BCUT2D eigenvalue weighted by molar-refractivity contribution is 14.0. The van der Waals surface area contributed by atoms with Gasteiger partial charge in [-0.25, -0.2) is 0 Å². The smallest absolute Gasteiger partial charge is 0.191 e. The molecule has 168 valence electrons. The first-order valence-corrected chi connectivity index (χ1v) is 11.3. The van der Waals surface area contributed by atoms with E-state index >= 15 is 0 Å². The van der Waals surface area contributed by atoms with Gasteiger partial charge in [0.1, 0.15) is 0 Å². The second kappa shape index (κ2) is 12.3. The maximum absolute atomic E-state index is 6.04. The molecular weight excluding hydrogens is 499 g/mol. The molecule has 4 rings (SSSR count). The number of anilines is 1. The van der Waals surface area contributed by atoms with E-state index in [4.69, 9.17) is 9.73 Å². The number of hydrogen-bond acceptors (Lipinski definition) is 3. The molecule has 0 aromatic heterocycles. The summed E-state index contributed by atoms with van der Waals surface area (Å²) in [6.07, 6.45) is 3.58. The third-order valence-corrected chi connectivity index (χ3v) is 6.05. The highest BCUT2D eigenvalue weighted by atomic mass is 127. The summed E-state index contributed by atoms with van der Waals surface area (Å²) in [6, 6.07) is 21.7. The van der Waals surface area contributed by atoms with Crippen LogP contribution in [0.25, 0.3) is 0 Å². The van der Waals surface area contributed by atoms with Crippen LogP contribution < -0.4 is 15.5 Å². The maximum atomic E-state index is 6.04. The van der Waals surface area contributed by atoms with Gasteiger partial charge in [-0.3, -0.25) is 4.99 Å². The average molecular weight is 534 g/mol. The summed E-state index contributed by atoms with van der Waals surface area (Å²) in [6.45, 7) is 6.72. The molecule has 0 amide bonds. The van der Waals surface area contributed by atoms with Gasteiger partial charge in [0.2, 0.25) is 0 Å². The van der Waals surface area contributed by atoms with E-state index in [1.807, 2.05) is 0 Å². The minimum Gasteiger partial charge on any atom is -0.373 e. The van der Waals surface area contributed by atoms with E-state index in [9.17, 15) is 0 Å². The lowest BCUT2D eigenvalue weighted by molar-refractivity contribution is 0.0925. The van der Waals surface area contributed by atoms with Crippen molar-refractivity contribution in [1.82, 2.24) is 10.6 Å². The molecule has 31 heavy (non-hydrogen) atoms. The molecule has 2 aliphatic rings. The molecule has 5 nitrogen and oxygen atoms in total. The van der Waals surface area contributed by atoms with Gasteiger partial charge in [-0.1, -0.05) is 48.5 Å². The van der Waals surface area contributed by atoms with E-state index in [-0.39, 0.29) is 30.1 Å². The van der Waals surface area contributed by atoms with E-state index in [0.717, 1.165) is 45.2 Å². The number of hydrogen-bond donors (Lipinski definition) is 2. The molecule has 0 spiro atoms. The Hall–Kier alpha value is -1.80. The quantitative estimate of drug-likeness (QED) is 0.323. The summed E-state index contributed by atoms with van der Waals surface area (Å²) >= 11 is 0. The van der Waals surface area contributed by atoms with Gasteiger partial charge in [0.25, 0.3) is 0 Å². The highest BCUT2D eigenvalue weighted by Crippen LogP contribution is 2.34. The topological polar surface area (TPSA) is 48.9 Å².